The van der Waals surface area contributed by atoms with Gasteiger partial charge in [0, 0.05) is 29.2 Å². The van der Waals surface area contributed by atoms with Crippen LogP contribution in [0, 0.1) is 5.92 Å². The normalized spacial score (nSPS) is 11.5. The fourth-order valence-corrected chi connectivity index (χ4v) is 2.86. The second kappa shape index (κ2) is 9.19. The third kappa shape index (κ3) is 5.31. The Labute approximate surface area is 160 Å². The molecule has 4 nitrogen and oxygen atoms in total. The number of aromatic nitrogens is 1. The van der Waals surface area contributed by atoms with Gasteiger partial charge in [0.1, 0.15) is 12.4 Å². The summed E-state index contributed by atoms with van der Waals surface area (Å²) in [6.45, 7) is 6.76. The number of fused-ring (bicyclic) bond motifs is 1. The number of ether oxygens (including phenoxy) is 1. The van der Waals surface area contributed by atoms with Crippen molar-refractivity contribution in [3.63, 3.8) is 0 Å². The second-order valence-corrected chi connectivity index (χ2v) is 6.95. The molecular weight excluding hydrogens is 336 g/mol. The van der Waals surface area contributed by atoms with Crippen molar-refractivity contribution in [2.24, 2.45) is 5.92 Å². The molecule has 0 fully saturated rings. The summed E-state index contributed by atoms with van der Waals surface area (Å²) in [5.41, 5.74) is 2.74. The van der Waals surface area contributed by atoms with Crippen LogP contribution in [0.15, 0.2) is 60.8 Å². The zero-order valence-corrected chi connectivity index (χ0v) is 15.9. The Morgan fingerprint density at radius 2 is 1.96 bits per heavy atom. The minimum Gasteiger partial charge on any atom is -0.492 e. The van der Waals surface area contributed by atoms with E-state index in [0.29, 0.717) is 18.1 Å². The molecule has 1 heterocycles. The zero-order chi connectivity index (χ0) is 19.1. The Morgan fingerprint density at radius 1 is 1.15 bits per heavy atom. The highest BCUT2D eigenvalue weighted by atomic mass is 16.5. The van der Waals surface area contributed by atoms with E-state index in [2.05, 4.69) is 24.1 Å². The molecule has 0 saturated carbocycles. The molecule has 0 aliphatic heterocycles. The molecule has 140 valence electrons. The topological polar surface area (TPSA) is 54.1 Å². The van der Waals surface area contributed by atoms with Gasteiger partial charge < -0.3 is 15.0 Å². The molecule has 2 N–H and O–H groups in total. The van der Waals surface area contributed by atoms with Gasteiger partial charge in [0.2, 0.25) is 0 Å². The van der Waals surface area contributed by atoms with E-state index >= 15 is 0 Å². The Morgan fingerprint density at radius 3 is 2.74 bits per heavy atom. The first kappa shape index (κ1) is 18.9. The quantitative estimate of drug-likeness (QED) is 0.330. The van der Waals surface area contributed by atoms with Crippen LogP contribution in [-0.4, -0.2) is 30.5 Å². The molecule has 2 aromatic carbocycles. The van der Waals surface area contributed by atoms with Crippen molar-refractivity contribution in [2.75, 3.05) is 19.7 Å². The highest BCUT2D eigenvalue weighted by Crippen LogP contribution is 2.19. The number of carbonyl (C=O) groups is 1. The summed E-state index contributed by atoms with van der Waals surface area (Å²) in [4.78, 5) is 15.6. The number of rotatable bonds is 9. The monoisotopic (exact) mass is 362 g/mol. The van der Waals surface area contributed by atoms with Crippen molar-refractivity contribution in [3.05, 3.63) is 71.9 Å². The van der Waals surface area contributed by atoms with E-state index in [4.69, 9.17) is 4.74 Å². The largest absolute Gasteiger partial charge is 0.492 e. The first-order valence-corrected chi connectivity index (χ1v) is 9.35. The number of nitrogens with one attached hydrogen (secondary N) is 2. The number of hydrogen-bond donors (Lipinski definition) is 2. The average molecular weight is 362 g/mol. The van der Waals surface area contributed by atoms with Crippen LogP contribution in [0.25, 0.3) is 17.0 Å². The summed E-state index contributed by atoms with van der Waals surface area (Å²) < 4.78 is 5.70. The van der Waals surface area contributed by atoms with E-state index in [1.807, 2.05) is 48.7 Å². The van der Waals surface area contributed by atoms with Crippen molar-refractivity contribution in [1.29, 1.82) is 0 Å². The molecule has 1 aromatic heterocycles. The Bertz CT molecular complexity index is 908. The number of hydrogen-bond acceptors (Lipinski definition) is 3. The zero-order valence-electron chi connectivity index (χ0n) is 15.9. The fraction of sp³-hybridized carbons (Fsp3) is 0.261. The number of allylic oxidation sites excluding steroid dienone is 1. The average Bonchev–Trinajstić information content (AvgIpc) is 3.15. The van der Waals surface area contributed by atoms with Crippen molar-refractivity contribution in [2.45, 2.75) is 13.8 Å². The second-order valence-electron chi connectivity index (χ2n) is 6.95. The number of aromatic amines is 1. The number of ketones is 1. The third-order valence-corrected chi connectivity index (χ3v) is 4.28. The van der Waals surface area contributed by atoms with E-state index in [1.165, 1.54) is 0 Å². The van der Waals surface area contributed by atoms with E-state index in [1.54, 1.807) is 18.2 Å². The summed E-state index contributed by atoms with van der Waals surface area (Å²) in [7, 11) is 0. The fourth-order valence-electron chi connectivity index (χ4n) is 2.86. The summed E-state index contributed by atoms with van der Waals surface area (Å²) in [5, 5.41) is 4.44. The molecule has 0 amide bonds. The van der Waals surface area contributed by atoms with Gasteiger partial charge in [0.25, 0.3) is 0 Å². The van der Waals surface area contributed by atoms with Crippen molar-refractivity contribution in [1.82, 2.24) is 10.3 Å². The Kier molecular flexibility index (Phi) is 6.44. The van der Waals surface area contributed by atoms with E-state index in [9.17, 15) is 4.79 Å². The van der Waals surface area contributed by atoms with Gasteiger partial charge in [-0.05, 0) is 60.5 Å². The minimum atomic E-state index is -0.0207. The molecule has 0 aliphatic carbocycles. The van der Waals surface area contributed by atoms with Crippen LogP contribution in [0.1, 0.15) is 29.8 Å². The standard InChI is InChI=1S/C23H26N2O2/c1-17(2)16-24-14-15-27-20-9-6-19(7-10-20)23(26)11-8-18-4-3-5-22-21(18)12-13-25-22/h3-13,17,24-25H,14-16H2,1-2H3. The molecule has 0 saturated heterocycles. The third-order valence-electron chi connectivity index (χ3n) is 4.28. The van der Waals surface area contributed by atoms with E-state index in [-0.39, 0.29) is 5.78 Å². The summed E-state index contributed by atoms with van der Waals surface area (Å²) in [5.74, 6) is 1.39. The van der Waals surface area contributed by atoms with Gasteiger partial charge in [-0.15, -0.1) is 0 Å². The lowest BCUT2D eigenvalue weighted by Crippen LogP contribution is -2.24. The van der Waals surface area contributed by atoms with Crippen LogP contribution < -0.4 is 10.1 Å². The van der Waals surface area contributed by atoms with Crippen molar-refractivity contribution < 1.29 is 9.53 Å². The smallest absolute Gasteiger partial charge is 0.185 e. The van der Waals surface area contributed by atoms with Crippen LogP contribution in [0.5, 0.6) is 5.75 Å². The summed E-state index contributed by atoms with van der Waals surface area (Å²) >= 11 is 0. The molecule has 0 bridgehead atoms. The predicted molar refractivity (Wildman–Crippen MR) is 111 cm³/mol. The number of H-pyrrole nitrogens is 1. The Balaban J connectivity index is 1.55. The lowest BCUT2D eigenvalue weighted by molar-refractivity contribution is 0.104. The van der Waals surface area contributed by atoms with Gasteiger partial charge in [-0.25, -0.2) is 0 Å². The maximum Gasteiger partial charge on any atom is 0.185 e. The number of benzene rings is 2. The molecule has 0 spiro atoms. The van der Waals surface area contributed by atoms with Crippen LogP contribution in [-0.2, 0) is 0 Å². The Hall–Kier alpha value is -2.85. The molecule has 0 unspecified atom stereocenters. The first-order chi connectivity index (χ1) is 13.1. The van der Waals surface area contributed by atoms with Gasteiger partial charge in [-0.3, -0.25) is 4.79 Å². The van der Waals surface area contributed by atoms with Crippen LogP contribution in [0.3, 0.4) is 0 Å². The van der Waals surface area contributed by atoms with Crippen molar-refractivity contribution in [3.8, 4) is 5.75 Å². The molecule has 3 aromatic rings. The molecular formula is C23H26N2O2. The molecule has 0 atom stereocenters. The highest BCUT2D eigenvalue weighted by molar-refractivity contribution is 6.07. The van der Waals surface area contributed by atoms with E-state index < -0.39 is 0 Å². The molecule has 27 heavy (non-hydrogen) atoms. The summed E-state index contributed by atoms with van der Waals surface area (Å²) in [6.07, 6.45) is 5.39. The maximum atomic E-state index is 12.4. The summed E-state index contributed by atoms with van der Waals surface area (Å²) in [6, 6.07) is 15.3. The van der Waals surface area contributed by atoms with E-state index in [0.717, 1.165) is 35.3 Å². The van der Waals surface area contributed by atoms with Gasteiger partial charge in [-0.1, -0.05) is 32.1 Å². The lowest BCUT2D eigenvalue weighted by atomic mass is 10.1. The van der Waals surface area contributed by atoms with Crippen LogP contribution in [0.4, 0.5) is 0 Å². The van der Waals surface area contributed by atoms with Crippen LogP contribution in [0.2, 0.25) is 0 Å². The SMILES string of the molecule is CC(C)CNCCOc1ccc(C(=O)C=Cc2cccc3[nH]ccc23)cc1. The lowest BCUT2D eigenvalue weighted by Gasteiger charge is -2.09. The number of carbonyl (C=O) groups excluding carboxylic acids is 1. The minimum absolute atomic E-state index is 0.0207. The van der Waals surface area contributed by atoms with Gasteiger partial charge in [-0.2, -0.15) is 0 Å². The van der Waals surface area contributed by atoms with Gasteiger partial charge in [0.05, 0.1) is 0 Å². The maximum absolute atomic E-state index is 12.4. The van der Waals surface area contributed by atoms with Gasteiger partial charge in [0.15, 0.2) is 5.78 Å². The molecule has 3 rings (SSSR count). The van der Waals surface area contributed by atoms with Crippen molar-refractivity contribution >= 4 is 22.8 Å². The predicted octanol–water partition coefficient (Wildman–Crippen LogP) is 4.69. The molecule has 0 aliphatic rings. The first-order valence-electron chi connectivity index (χ1n) is 9.35. The highest BCUT2D eigenvalue weighted by Gasteiger charge is 2.04. The van der Waals surface area contributed by atoms with Crippen LogP contribution >= 0.6 is 0 Å². The molecule has 0 radical (unpaired) electrons. The van der Waals surface area contributed by atoms with Gasteiger partial charge >= 0.3 is 0 Å². The molecule has 4 heteroatoms.